The first-order valence-electron chi connectivity index (χ1n) is 10.7. The van der Waals surface area contributed by atoms with E-state index >= 15 is 0 Å². The molecule has 2 amide bonds. The predicted molar refractivity (Wildman–Crippen MR) is 128 cm³/mol. The molecule has 0 saturated carbocycles. The molecule has 0 spiro atoms. The number of hydrogen-bond acceptors (Lipinski definition) is 4. The van der Waals surface area contributed by atoms with Crippen LogP contribution in [-0.4, -0.2) is 24.4 Å². The molecule has 2 N–H and O–H groups in total. The molecule has 6 heteroatoms. The van der Waals surface area contributed by atoms with Gasteiger partial charge < -0.3 is 15.4 Å². The van der Waals surface area contributed by atoms with Crippen molar-refractivity contribution in [3.63, 3.8) is 0 Å². The lowest BCUT2D eigenvalue weighted by Gasteiger charge is -2.19. The quantitative estimate of drug-likeness (QED) is 0.370. The van der Waals surface area contributed by atoms with Gasteiger partial charge in [0, 0.05) is 6.08 Å². The molecule has 0 fully saturated rings. The molecule has 3 aromatic carbocycles. The molecular formula is C27H26N2O4. The van der Waals surface area contributed by atoms with E-state index in [0.717, 1.165) is 11.1 Å². The monoisotopic (exact) mass is 442 g/mol. The molecule has 0 saturated heterocycles. The Kier molecular flexibility index (Phi) is 8.54. The first-order valence-corrected chi connectivity index (χ1v) is 10.7. The van der Waals surface area contributed by atoms with Gasteiger partial charge in [-0.1, -0.05) is 72.8 Å². The molecular weight excluding hydrogens is 416 g/mol. The summed E-state index contributed by atoms with van der Waals surface area (Å²) < 4.78 is 5.06. The summed E-state index contributed by atoms with van der Waals surface area (Å²) in [5.74, 6) is -1.16. The number of nitrogens with one attached hydrogen (secondary N) is 2. The van der Waals surface area contributed by atoms with Crippen LogP contribution in [0, 0.1) is 0 Å². The fourth-order valence-corrected chi connectivity index (χ4v) is 3.26. The highest BCUT2D eigenvalue weighted by molar-refractivity contribution is 6.01. The third kappa shape index (κ3) is 7.18. The summed E-state index contributed by atoms with van der Waals surface area (Å²) in [4.78, 5) is 37.6. The summed E-state index contributed by atoms with van der Waals surface area (Å²) in [6, 6.07) is 24.9. The number of ether oxygens (including phenoxy) is 1. The zero-order chi connectivity index (χ0) is 23.5. The fraction of sp³-hybridized carbons (Fsp3) is 0.148. The van der Waals surface area contributed by atoms with Crippen molar-refractivity contribution in [1.82, 2.24) is 5.32 Å². The number of benzene rings is 3. The molecule has 0 radical (unpaired) electrons. The number of hydrogen-bond donors (Lipinski definition) is 2. The maximum absolute atomic E-state index is 12.9. The number of carbonyl (C=O) groups excluding carboxylic acids is 3. The molecule has 3 aromatic rings. The Morgan fingerprint density at radius 2 is 1.52 bits per heavy atom. The van der Waals surface area contributed by atoms with Crippen molar-refractivity contribution in [3.8, 4) is 0 Å². The van der Waals surface area contributed by atoms with Gasteiger partial charge in [0.15, 0.2) is 0 Å². The van der Waals surface area contributed by atoms with Crippen molar-refractivity contribution in [2.45, 2.75) is 19.4 Å². The summed E-state index contributed by atoms with van der Waals surface area (Å²) in [6.07, 6.45) is 3.15. The highest BCUT2D eigenvalue weighted by atomic mass is 16.5. The van der Waals surface area contributed by atoms with Crippen molar-refractivity contribution in [1.29, 1.82) is 0 Å². The molecule has 33 heavy (non-hydrogen) atoms. The zero-order valence-corrected chi connectivity index (χ0v) is 18.4. The highest BCUT2D eigenvalue weighted by Gasteiger charge is 2.20. The molecule has 168 valence electrons. The van der Waals surface area contributed by atoms with E-state index < -0.39 is 12.0 Å². The number of esters is 1. The van der Waals surface area contributed by atoms with Gasteiger partial charge in [-0.25, -0.2) is 4.79 Å². The van der Waals surface area contributed by atoms with Crippen LogP contribution in [0.5, 0.6) is 0 Å². The van der Waals surface area contributed by atoms with Gasteiger partial charge in [-0.2, -0.15) is 0 Å². The number of rotatable bonds is 9. The molecule has 6 nitrogen and oxygen atoms in total. The van der Waals surface area contributed by atoms with E-state index in [1.807, 2.05) is 60.7 Å². The van der Waals surface area contributed by atoms with Gasteiger partial charge >= 0.3 is 5.97 Å². The van der Waals surface area contributed by atoms with E-state index in [4.69, 9.17) is 4.74 Å². The number of carbonyl (C=O) groups is 3. The lowest BCUT2D eigenvalue weighted by molar-refractivity contribution is -0.118. The first-order chi connectivity index (χ1) is 16.1. The van der Waals surface area contributed by atoms with E-state index in [9.17, 15) is 14.4 Å². The Hall–Kier alpha value is -4.19. The summed E-state index contributed by atoms with van der Waals surface area (Å²) >= 11 is 0. The van der Waals surface area contributed by atoms with Gasteiger partial charge in [0.25, 0.3) is 0 Å². The molecule has 0 aliphatic heterocycles. The largest absolute Gasteiger partial charge is 0.462 e. The highest BCUT2D eigenvalue weighted by Crippen LogP contribution is 2.20. The van der Waals surface area contributed by atoms with E-state index in [2.05, 4.69) is 10.6 Å². The maximum atomic E-state index is 12.9. The minimum absolute atomic E-state index is 0.00785. The number of amides is 2. The zero-order valence-electron chi connectivity index (χ0n) is 18.4. The van der Waals surface area contributed by atoms with Crippen LogP contribution in [0.2, 0.25) is 0 Å². The molecule has 0 aromatic heterocycles. The van der Waals surface area contributed by atoms with Crippen molar-refractivity contribution < 1.29 is 19.1 Å². The lowest BCUT2D eigenvalue weighted by Crippen LogP contribution is -2.30. The van der Waals surface area contributed by atoms with Crippen LogP contribution in [0.4, 0.5) is 5.69 Å². The second-order valence-corrected chi connectivity index (χ2v) is 7.23. The fourth-order valence-electron chi connectivity index (χ4n) is 3.26. The molecule has 0 aliphatic rings. The van der Waals surface area contributed by atoms with Crippen molar-refractivity contribution in [2.24, 2.45) is 0 Å². The Morgan fingerprint density at radius 3 is 2.21 bits per heavy atom. The van der Waals surface area contributed by atoms with Gasteiger partial charge in [0.05, 0.1) is 30.3 Å². The van der Waals surface area contributed by atoms with Crippen LogP contribution < -0.4 is 10.6 Å². The maximum Gasteiger partial charge on any atom is 0.340 e. The lowest BCUT2D eigenvalue weighted by atomic mass is 10.0. The van der Waals surface area contributed by atoms with Gasteiger partial charge in [0.2, 0.25) is 11.8 Å². The van der Waals surface area contributed by atoms with E-state index in [0.29, 0.717) is 5.69 Å². The summed E-state index contributed by atoms with van der Waals surface area (Å²) in [5.41, 5.74) is 2.34. The van der Waals surface area contributed by atoms with Gasteiger partial charge in [-0.15, -0.1) is 0 Å². The number of para-hydroxylation sites is 1. The SMILES string of the molecule is CCOC(=O)c1ccccc1NC(=O)C[C@H](NC(=O)/C=C\c1ccccc1)c1ccccc1. The van der Waals surface area contributed by atoms with Crippen molar-refractivity contribution in [3.05, 3.63) is 108 Å². The van der Waals surface area contributed by atoms with Crippen LogP contribution in [0.15, 0.2) is 91.0 Å². The molecule has 0 aliphatic carbocycles. The second kappa shape index (κ2) is 12.0. The Morgan fingerprint density at radius 1 is 0.879 bits per heavy atom. The number of anilines is 1. The first kappa shape index (κ1) is 23.5. The van der Waals surface area contributed by atoms with Crippen LogP contribution in [0.25, 0.3) is 6.08 Å². The van der Waals surface area contributed by atoms with E-state index in [1.165, 1.54) is 6.08 Å². The van der Waals surface area contributed by atoms with Gasteiger partial charge in [-0.3, -0.25) is 9.59 Å². The minimum atomic E-state index is -0.547. The average molecular weight is 443 g/mol. The molecule has 1 atom stereocenters. The average Bonchev–Trinajstić information content (AvgIpc) is 2.84. The van der Waals surface area contributed by atoms with Crippen LogP contribution in [0.1, 0.15) is 40.9 Å². The molecule has 3 rings (SSSR count). The summed E-state index contributed by atoms with van der Waals surface area (Å²) in [7, 11) is 0. The van der Waals surface area contributed by atoms with Crippen LogP contribution in [0.3, 0.4) is 0 Å². The van der Waals surface area contributed by atoms with E-state index in [1.54, 1.807) is 37.3 Å². The topological polar surface area (TPSA) is 84.5 Å². The van der Waals surface area contributed by atoms with Crippen LogP contribution in [-0.2, 0) is 14.3 Å². The summed E-state index contributed by atoms with van der Waals surface area (Å²) in [5, 5.41) is 5.67. The van der Waals surface area contributed by atoms with Gasteiger partial charge in [0.1, 0.15) is 0 Å². The molecule has 0 unspecified atom stereocenters. The third-order valence-electron chi connectivity index (χ3n) is 4.83. The Labute approximate surface area is 193 Å². The molecule has 0 bridgehead atoms. The Bertz CT molecular complexity index is 1110. The Balaban J connectivity index is 1.72. The molecule has 0 heterocycles. The summed E-state index contributed by atoms with van der Waals surface area (Å²) in [6.45, 7) is 1.96. The van der Waals surface area contributed by atoms with Gasteiger partial charge in [-0.05, 0) is 36.3 Å². The van der Waals surface area contributed by atoms with Crippen molar-refractivity contribution in [2.75, 3.05) is 11.9 Å². The predicted octanol–water partition coefficient (Wildman–Crippen LogP) is 4.76. The normalized spacial score (nSPS) is 11.5. The van der Waals surface area contributed by atoms with Crippen LogP contribution >= 0.6 is 0 Å². The minimum Gasteiger partial charge on any atom is -0.462 e. The van der Waals surface area contributed by atoms with Crippen molar-refractivity contribution >= 4 is 29.5 Å². The standard InChI is InChI=1S/C27H26N2O4/c1-2-33-27(32)22-15-9-10-16-23(22)28-26(31)19-24(21-13-7-4-8-14-21)29-25(30)18-17-20-11-5-3-6-12-20/h3-18,24H,2,19H2,1H3,(H,28,31)(H,29,30)/b18-17-/t24-/m0/s1. The third-order valence-corrected chi connectivity index (χ3v) is 4.83. The smallest absolute Gasteiger partial charge is 0.340 e. The van der Waals surface area contributed by atoms with E-state index in [-0.39, 0.29) is 30.4 Å². The second-order valence-electron chi connectivity index (χ2n) is 7.23.